The highest BCUT2D eigenvalue weighted by atomic mass is 16.5. The van der Waals surface area contributed by atoms with Gasteiger partial charge in [-0.25, -0.2) is 0 Å². The van der Waals surface area contributed by atoms with E-state index in [0.29, 0.717) is 19.3 Å². The van der Waals surface area contributed by atoms with Crippen molar-refractivity contribution in [2.75, 3.05) is 13.2 Å². The van der Waals surface area contributed by atoms with E-state index < -0.39 is 12.0 Å². The van der Waals surface area contributed by atoms with Gasteiger partial charge < -0.3 is 20.5 Å². The molecule has 0 saturated heterocycles. The predicted octanol–water partition coefficient (Wildman–Crippen LogP) is 3.10. The van der Waals surface area contributed by atoms with Gasteiger partial charge in [-0.3, -0.25) is 14.4 Å². The number of rotatable bonds is 7. The normalized spacial score (nSPS) is 22.2. The first-order chi connectivity index (χ1) is 17.0. The highest BCUT2D eigenvalue weighted by molar-refractivity contribution is 5.86. The van der Waals surface area contributed by atoms with Crippen molar-refractivity contribution in [1.82, 2.24) is 10.6 Å². The van der Waals surface area contributed by atoms with Crippen molar-refractivity contribution < 1.29 is 24.2 Å². The Hall–Kier alpha value is -3.45. The van der Waals surface area contributed by atoms with E-state index in [0.717, 1.165) is 11.1 Å². The minimum absolute atomic E-state index is 0.00372. The van der Waals surface area contributed by atoms with Crippen LogP contribution in [-0.4, -0.2) is 42.1 Å². The van der Waals surface area contributed by atoms with Crippen LogP contribution < -0.4 is 10.6 Å². The van der Waals surface area contributed by atoms with Crippen molar-refractivity contribution in [1.29, 1.82) is 0 Å². The second kappa shape index (κ2) is 13.4. The van der Waals surface area contributed by atoms with Crippen LogP contribution in [0.4, 0.5) is 0 Å². The van der Waals surface area contributed by atoms with Crippen molar-refractivity contribution in [3.8, 4) is 0 Å². The summed E-state index contributed by atoms with van der Waals surface area (Å²) < 4.78 is 5.93. The zero-order valence-electron chi connectivity index (χ0n) is 20.1. The molecule has 7 nitrogen and oxygen atoms in total. The summed E-state index contributed by atoms with van der Waals surface area (Å²) in [5, 5.41) is 14.8. The van der Waals surface area contributed by atoms with Gasteiger partial charge >= 0.3 is 5.97 Å². The number of ether oxygens (including phenoxy) is 1. The molecule has 0 spiro atoms. The predicted molar refractivity (Wildman–Crippen MR) is 133 cm³/mol. The van der Waals surface area contributed by atoms with E-state index in [1.165, 1.54) is 0 Å². The van der Waals surface area contributed by atoms with E-state index in [4.69, 9.17) is 4.74 Å². The molecule has 2 aromatic carbocycles. The molecule has 35 heavy (non-hydrogen) atoms. The molecule has 186 valence electrons. The molecule has 2 amide bonds. The van der Waals surface area contributed by atoms with E-state index in [1.54, 1.807) is 6.92 Å². The standard InChI is InChI=1S/C28H34N2O5/c1-20(19-31)30-26(32)17-23-14-8-9-15-24(16-21-10-4-2-5-11-21)28(34)35-25(18-29-27(23)33)22-12-6-3-7-13-22/h2-13,20,23-25,31H,14-19H2,1H3,(H,29,33)(H,30,32)/t20-,23-,24-,25-/m1/s1. The zero-order chi connectivity index (χ0) is 25.0. The van der Waals surface area contributed by atoms with E-state index in [-0.39, 0.29) is 49.3 Å². The largest absolute Gasteiger partial charge is 0.455 e. The van der Waals surface area contributed by atoms with E-state index in [1.807, 2.05) is 72.8 Å². The number of amides is 2. The van der Waals surface area contributed by atoms with Gasteiger partial charge in [-0.05, 0) is 37.3 Å². The average Bonchev–Trinajstić information content (AvgIpc) is 2.87. The summed E-state index contributed by atoms with van der Waals surface area (Å²) in [6, 6.07) is 18.8. The topological polar surface area (TPSA) is 105 Å². The number of aliphatic hydroxyl groups excluding tert-OH is 1. The fraction of sp³-hybridized carbons (Fsp3) is 0.393. The third-order valence-electron chi connectivity index (χ3n) is 6.04. The maximum absolute atomic E-state index is 13.2. The zero-order valence-corrected chi connectivity index (χ0v) is 20.1. The minimum Gasteiger partial charge on any atom is -0.455 e. The van der Waals surface area contributed by atoms with Crippen molar-refractivity contribution in [2.45, 2.75) is 44.8 Å². The second-order valence-corrected chi connectivity index (χ2v) is 8.96. The molecular weight excluding hydrogens is 444 g/mol. The van der Waals surface area contributed by atoms with Gasteiger partial charge in [0.1, 0.15) is 6.10 Å². The second-order valence-electron chi connectivity index (χ2n) is 8.96. The average molecular weight is 479 g/mol. The van der Waals surface area contributed by atoms with E-state index in [9.17, 15) is 19.5 Å². The number of carbonyl (C=O) groups is 3. The molecule has 1 heterocycles. The first-order valence-electron chi connectivity index (χ1n) is 12.1. The molecule has 0 radical (unpaired) electrons. The Morgan fingerprint density at radius 2 is 1.66 bits per heavy atom. The van der Waals surface area contributed by atoms with Crippen molar-refractivity contribution >= 4 is 17.8 Å². The van der Waals surface area contributed by atoms with Gasteiger partial charge in [-0.1, -0.05) is 72.8 Å². The molecule has 7 heteroatoms. The molecule has 0 aliphatic carbocycles. The Kier molecular flexibility index (Phi) is 10.0. The number of hydrogen-bond donors (Lipinski definition) is 3. The fourth-order valence-electron chi connectivity index (χ4n) is 4.04. The summed E-state index contributed by atoms with van der Waals surface area (Å²) in [5.41, 5.74) is 1.84. The number of allylic oxidation sites excluding steroid dienone is 2. The quantitative estimate of drug-likeness (QED) is 0.419. The molecule has 0 fully saturated rings. The Morgan fingerprint density at radius 3 is 2.31 bits per heavy atom. The van der Waals surface area contributed by atoms with Crippen LogP contribution in [0, 0.1) is 11.8 Å². The lowest BCUT2D eigenvalue weighted by molar-refractivity contribution is -0.154. The van der Waals surface area contributed by atoms with Crippen molar-refractivity contribution in [2.24, 2.45) is 11.8 Å². The van der Waals surface area contributed by atoms with Crippen LogP contribution >= 0.6 is 0 Å². The van der Waals surface area contributed by atoms with Crippen LogP contribution in [0.3, 0.4) is 0 Å². The number of benzene rings is 2. The lowest BCUT2D eigenvalue weighted by atomic mass is 9.94. The molecule has 3 N–H and O–H groups in total. The summed E-state index contributed by atoms with van der Waals surface area (Å²) in [4.78, 5) is 38.6. The molecule has 0 unspecified atom stereocenters. The molecule has 2 aromatic rings. The Balaban J connectivity index is 1.81. The van der Waals surface area contributed by atoms with Gasteiger partial charge in [0.15, 0.2) is 0 Å². The monoisotopic (exact) mass is 478 g/mol. The Bertz CT molecular complexity index is 993. The summed E-state index contributed by atoms with van der Waals surface area (Å²) in [6.45, 7) is 1.64. The molecule has 0 aromatic heterocycles. The minimum atomic E-state index is -0.641. The van der Waals surface area contributed by atoms with Gasteiger partial charge in [-0.15, -0.1) is 0 Å². The Labute approximate surface area is 206 Å². The molecule has 3 rings (SSSR count). The number of hydrogen-bond acceptors (Lipinski definition) is 5. The molecule has 0 saturated carbocycles. The third kappa shape index (κ3) is 8.37. The van der Waals surface area contributed by atoms with Crippen LogP contribution in [0.25, 0.3) is 0 Å². The lowest BCUT2D eigenvalue weighted by Crippen LogP contribution is -2.40. The van der Waals surface area contributed by atoms with Gasteiger partial charge in [0.25, 0.3) is 0 Å². The summed E-state index contributed by atoms with van der Waals surface area (Å²) in [7, 11) is 0. The molecule has 4 atom stereocenters. The van der Waals surface area contributed by atoms with Crippen LogP contribution in [0.5, 0.6) is 0 Å². The van der Waals surface area contributed by atoms with Crippen LogP contribution in [-0.2, 0) is 25.5 Å². The third-order valence-corrected chi connectivity index (χ3v) is 6.04. The van der Waals surface area contributed by atoms with Gasteiger partial charge in [0.2, 0.25) is 11.8 Å². The summed E-state index contributed by atoms with van der Waals surface area (Å²) in [5.74, 6) is -1.82. The smallest absolute Gasteiger partial charge is 0.310 e. The van der Waals surface area contributed by atoms with Gasteiger partial charge in [0, 0.05) is 12.5 Å². The molecule has 1 aliphatic heterocycles. The van der Waals surface area contributed by atoms with Crippen molar-refractivity contribution in [3.05, 3.63) is 83.9 Å². The maximum atomic E-state index is 13.2. The summed E-state index contributed by atoms with van der Waals surface area (Å²) >= 11 is 0. The SMILES string of the molecule is C[C@H](CO)NC(=O)C[C@H]1CC=CC[C@H](Cc2ccccc2)C(=O)O[C@@H](c2ccccc2)CNC1=O. The molecule has 0 bridgehead atoms. The number of esters is 1. The first kappa shape index (κ1) is 26.2. The van der Waals surface area contributed by atoms with Gasteiger partial charge in [-0.2, -0.15) is 0 Å². The number of carbonyl (C=O) groups excluding carboxylic acids is 3. The number of aliphatic hydroxyl groups is 1. The molecule has 1 aliphatic rings. The molecular formula is C28H34N2O5. The van der Waals surface area contributed by atoms with Crippen LogP contribution in [0.2, 0.25) is 0 Å². The highest BCUT2D eigenvalue weighted by Gasteiger charge is 2.27. The van der Waals surface area contributed by atoms with Crippen LogP contribution in [0.15, 0.2) is 72.8 Å². The fourth-order valence-corrected chi connectivity index (χ4v) is 4.04. The summed E-state index contributed by atoms with van der Waals surface area (Å²) in [6.07, 6.45) is 4.50. The van der Waals surface area contributed by atoms with Crippen molar-refractivity contribution in [3.63, 3.8) is 0 Å². The lowest BCUT2D eigenvalue weighted by Gasteiger charge is -2.24. The number of nitrogens with one attached hydrogen (secondary N) is 2. The highest BCUT2D eigenvalue weighted by Crippen LogP contribution is 2.23. The van der Waals surface area contributed by atoms with E-state index in [2.05, 4.69) is 10.6 Å². The number of cyclic esters (lactones) is 1. The Morgan fingerprint density at radius 1 is 1.03 bits per heavy atom. The van der Waals surface area contributed by atoms with Gasteiger partial charge in [0.05, 0.1) is 25.0 Å². The first-order valence-corrected chi connectivity index (χ1v) is 12.1. The van der Waals surface area contributed by atoms with Crippen LogP contribution in [0.1, 0.15) is 43.4 Å². The van der Waals surface area contributed by atoms with E-state index >= 15 is 0 Å². The maximum Gasteiger partial charge on any atom is 0.310 e.